The number of para-hydroxylation sites is 3. The molecule has 2 rings (SSSR count). The summed E-state index contributed by atoms with van der Waals surface area (Å²) in [5.41, 5.74) is 1.76. The van der Waals surface area contributed by atoms with Crippen molar-refractivity contribution in [1.82, 2.24) is 0 Å². The van der Waals surface area contributed by atoms with Gasteiger partial charge < -0.3 is 19.5 Å². The van der Waals surface area contributed by atoms with Crippen LogP contribution in [0.2, 0.25) is 0 Å². The van der Waals surface area contributed by atoms with Crippen LogP contribution in [-0.4, -0.2) is 32.2 Å². The van der Waals surface area contributed by atoms with Crippen molar-refractivity contribution in [2.45, 2.75) is 19.8 Å². The van der Waals surface area contributed by atoms with Crippen molar-refractivity contribution in [1.29, 1.82) is 0 Å². The fourth-order valence-corrected chi connectivity index (χ4v) is 2.34. The SMILES string of the molecule is CCc1ccccc1NC(=O)COC(=O)CCOc1ccccc1OC. The molecular weight excluding hydrogens is 334 g/mol. The van der Waals surface area contributed by atoms with Crippen molar-refractivity contribution in [2.75, 3.05) is 25.6 Å². The average molecular weight is 357 g/mol. The molecule has 0 radical (unpaired) electrons. The zero-order valence-electron chi connectivity index (χ0n) is 15.0. The summed E-state index contributed by atoms with van der Waals surface area (Å²) in [4.78, 5) is 23.7. The highest BCUT2D eigenvalue weighted by atomic mass is 16.5. The standard InChI is InChI=1S/C20H23NO5/c1-3-15-8-4-5-9-16(15)21-19(22)14-26-20(23)12-13-25-18-11-7-6-10-17(18)24-2/h4-11H,3,12-14H2,1-2H3,(H,21,22). The van der Waals surface area contributed by atoms with E-state index in [1.165, 1.54) is 0 Å². The quantitative estimate of drug-likeness (QED) is 0.698. The van der Waals surface area contributed by atoms with E-state index in [0.717, 1.165) is 17.7 Å². The van der Waals surface area contributed by atoms with E-state index in [2.05, 4.69) is 5.32 Å². The van der Waals surface area contributed by atoms with E-state index in [9.17, 15) is 9.59 Å². The molecule has 0 aromatic heterocycles. The molecule has 1 amide bonds. The highest BCUT2D eigenvalue weighted by Crippen LogP contribution is 2.25. The Labute approximate surface area is 153 Å². The minimum atomic E-state index is -0.501. The molecule has 0 saturated heterocycles. The number of rotatable bonds is 9. The molecule has 0 fully saturated rings. The summed E-state index contributed by atoms with van der Waals surface area (Å²) in [6, 6.07) is 14.7. The average Bonchev–Trinajstić information content (AvgIpc) is 2.67. The number of benzene rings is 2. The van der Waals surface area contributed by atoms with Gasteiger partial charge in [-0.1, -0.05) is 37.3 Å². The van der Waals surface area contributed by atoms with Gasteiger partial charge in [0.05, 0.1) is 20.1 Å². The van der Waals surface area contributed by atoms with Gasteiger partial charge >= 0.3 is 5.97 Å². The lowest BCUT2D eigenvalue weighted by atomic mass is 10.1. The van der Waals surface area contributed by atoms with Crippen LogP contribution in [0.15, 0.2) is 48.5 Å². The molecule has 0 unspecified atom stereocenters. The van der Waals surface area contributed by atoms with Gasteiger partial charge in [0.2, 0.25) is 0 Å². The van der Waals surface area contributed by atoms with Gasteiger partial charge in [0, 0.05) is 5.69 Å². The summed E-state index contributed by atoms with van der Waals surface area (Å²) in [5, 5.41) is 2.75. The Morgan fingerprint density at radius 2 is 1.69 bits per heavy atom. The van der Waals surface area contributed by atoms with E-state index >= 15 is 0 Å². The first-order valence-corrected chi connectivity index (χ1v) is 8.43. The first kappa shape index (κ1) is 19.3. The topological polar surface area (TPSA) is 73.9 Å². The maximum Gasteiger partial charge on any atom is 0.309 e. The van der Waals surface area contributed by atoms with Crippen LogP contribution in [0.1, 0.15) is 18.9 Å². The van der Waals surface area contributed by atoms with Crippen molar-refractivity contribution in [2.24, 2.45) is 0 Å². The first-order valence-electron chi connectivity index (χ1n) is 8.43. The lowest BCUT2D eigenvalue weighted by Gasteiger charge is -2.11. The molecule has 1 N–H and O–H groups in total. The van der Waals surface area contributed by atoms with Gasteiger partial charge in [-0.05, 0) is 30.2 Å². The third-order valence-corrected chi connectivity index (χ3v) is 3.67. The number of ether oxygens (including phenoxy) is 3. The van der Waals surface area contributed by atoms with Gasteiger partial charge in [-0.15, -0.1) is 0 Å². The fourth-order valence-electron chi connectivity index (χ4n) is 2.34. The molecule has 26 heavy (non-hydrogen) atoms. The number of methoxy groups -OCH3 is 1. The van der Waals surface area contributed by atoms with Crippen LogP contribution in [-0.2, 0) is 20.7 Å². The number of aryl methyl sites for hydroxylation is 1. The van der Waals surface area contributed by atoms with E-state index in [4.69, 9.17) is 14.2 Å². The summed E-state index contributed by atoms with van der Waals surface area (Å²) in [7, 11) is 1.55. The van der Waals surface area contributed by atoms with Gasteiger partial charge in [0.15, 0.2) is 18.1 Å². The number of carbonyl (C=O) groups excluding carboxylic acids is 2. The van der Waals surface area contributed by atoms with Gasteiger partial charge in [-0.25, -0.2) is 0 Å². The molecule has 0 heterocycles. The molecule has 0 atom stereocenters. The van der Waals surface area contributed by atoms with Crippen LogP contribution in [0.5, 0.6) is 11.5 Å². The molecule has 0 bridgehead atoms. The number of anilines is 1. The molecule has 6 nitrogen and oxygen atoms in total. The molecule has 0 aliphatic heterocycles. The normalized spacial score (nSPS) is 10.1. The molecule has 6 heteroatoms. The molecule has 0 aliphatic carbocycles. The van der Waals surface area contributed by atoms with Crippen LogP contribution in [0.4, 0.5) is 5.69 Å². The van der Waals surface area contributed by atoms with Crippen LogP contribution in [0.3, 0.4) is 0 Å². The minimum Gasteiger partial charge on any atom is -0.493 e. The van der Waals surface area contributed by atoms with Gasteiger partial charge in [-0.2, -0.15) is 0 Å². The van der Waals surface area contributed by atoms with Crippen LogP contribution < -0.4 is 14.8 Å². The maximum absolute atomic E-state index is 11.9. The Morgan fingerprint density at radius 3 is 2.42 bits per heavy atom. The Bertz CT molecular complexity index is 744. The zero-order valence-corrected chi connectivity index (χ0v) is 15.0. The smallest absolute Gasteiger partial charge is 0.309 e. The second-order valence-electron chi connectivity index (χ2n) is 5.47. The highest BCUT2D eigenvalue weighted by Gasteiger charge is 2.10. The minimum absolute atomic E-state index is 0.0386. The van der Waals surface area contributed by atoms with E-state index in [1.54, 1.807) is 19.2 Å². The van der Waals surface area contributed by atoms with E-state index in [-0.39, 0.29) is 25.5 Å². The summed E-state index contributed by atoms with van der Waals surface area (Å²) >= 11 is 0. The third-order valence-electron chi connectivity index (χ3n) is 3.67. The predicted octanol–water partition coefficient (Wildman–Crippen LogP) is 3.21. The van der Waals surface area contributed by atoms with Crippen LogP contribution >= 0.6 is 0 Å². The van der Waals surface area contributed by atoms with Crippen molar-refractivity contribution < 1.29 is 23.8 Å². The zero-order chi connectivity index (χ0) is 18.8. The van der Waals surface area contributed by atoms with Crippen molar-refractivity contribution in [3.05, 3.63) is 54.1 Å². The number of esters is 1. The lowest BCUT2D eigenvalue weighted by Crippen LogP contribution is -2.22. The number of hydrogen-bond acceptors (Lipinski definition) is 5. The molecule has 0 aliphatic rings. The maximum atomic E-state index is 11.9. The molecular formula is C20H23NO5. The van der Waals surface area contributed by atoms with Crippen molar-refractivity contribution in [3.8, 4) is 11.5 Å². The Hall–Kier alpha value is -3.02. The summed E-state index contributed by atoms with van der Waals surface area (Å²) in [6.45, 7) is 1.82. The Morgan fingerprint density at radius 1 is 1.00 bits per heavy atom. The third kappa shape index (κ3) is 5.81. The van der Waals surface area contributed by atoms with E-state index in [0.29, 0.717) is 11.5 Å². The number of carbonyl (C=O) groups is 2. The Balaban J connectivity index is 1.72. The summed E-state index contributed by atoms with van der Waals surface area (Å²) < 4.78 is 15.7. The molecule has 0 saturated carbocycles. The van der Waals surface area contributed by atoms with Gasteiger partial charge in [0.1, 0.15) is 0 Å². The number of hydrogen-bond donors (Lipinski definition) is 1. The van der Waals surface area contributed by atoms with Gasteiger partial charge in [0.25, 0.3) is 5.91 Å². The largest absolute Gasteiger partial charge is 0.493 e. The molecule has 138 valence electrons. The predicted molar refractivity (Wildman–Crippen MR) is 98.5 cm³/mol. The van der Waals surface area contributed by atoms with Crippen molar-refractivity contribution in [3.63, 3.8) is 0 Å². The highest BCUT2D eigenvalue weighted by molar-refractivity contribution is 5.93. The van der Waals surface area contributed by atoms with E-state index in [1.807, 2.05) is 43.3 Å². The second kappa shape index (κ2) is 10.1. The molecule has 2 aromatic carbocycles. The summed E-state index contributed by atoms with van der Waals surface area (Å²) in [5.74, 6) is 0.273. The lowest BCUT2D eigenvalue weighted by molar-refractivity contribution is -0.147. The first-order chi connectivity index (χ1) is 12.6. The second-order valence-corrected chi connectivity index (χ2v) is 5.47. The number of nitrogens with one attached hydrogen (secondary N) is 1. The van der Waals surface area contributed by atoms with Crippen molar-refractivity contribution >= 4 is 17.6 Å². The molecule has 2 aromatic rings. The monoisotopic (exact) mass is 357 g/mol. The summed E-state index contributed by atoms with van der Waals surface area (Å²) in [6.07, 6.45) is 0.841. The van der Waals surface area contributed by atoms with Gasteiger partial charge in [-0.3, -0.25) is 9.59 Å². The van der Waals surface area contributed by atoms with Crippen LogP contribution in [0.25, 0.3) is 0 Å². The van der Waals surface area contributed by atoms with Crippen LogP contribution in [0, 0.1) is 0 Å². The van der Waals surface area contributed by atoms with E-state index < -0.39 is 5.97 Å². The molecule has 0 spiro atoms. The number of amides is 1. The fraction of sp³-hybridized carbons (Fsp3) is 0.300. The Kier molecular flexibility index (Phi) is 7.49.